The first-order valence-electron chi connectivity index (χ1n) is 8.97. The second-order valence-corrected chi connectivity index (χ2v) is 8.60. The van der Waals surface area contributed by atoms with Crippen molar-refractivity contribution in [3.63, 3.8) is 0 Å². The number of piperidine rings is 1. The number of hydrogen-bond acceptors (Lipinski definition) is 3. The number of benzene rings is 1. The van der Waals surface area contributed by atoms with Crippen molar-refractivity contribution in [3.8, 4) is 0 Å². The van der Waals surface area contributed by atoms with Gasteiger partial charge in [-0.05, 0) is 43.9 Å². The molecule has 0 saturated carbocycles. The molecule has 1 aromatic carbocycles. The number of rotatable bonds is 6. The number of sulfonamides is 1. The summed E-state index contributed by atoms with van der Waals surface area (Å²) in [7, 11) is -3.71. The summed E-state index contributed by atoms with van der Waals surface area (Å²) in [6.45, 7) is 7.08. The Balaban J connectivity index is 2.40. The fourth-order valence-electron chi connectivity index (χ4n) is 3.39. The average molecular weight is 387 g/mol. The minimum absolute atomic E-state index is 0.00812. The predicted octanol–water partition coefficient (Wildman–Crippen LogP) is 3.78. The molecule has 1 unspecified atom stereocenters. The largest absolute Gasteiger partial charge is 0.336 e. The summed E-state index contributed by atoms with van der Waals surface area (Å²) in [5.41, 5.74) is 0.385. The van der Waals surface area contributed by atoms with Gasteiger partial charge in [-0.1, -0.05) is 32.4 Å². The molecule has 0 aromatic heterocycles. The zero-order chi connectivity index (χ0) is 18.6. The number of carbonyl (C=O) groups is 1. The standard InChI is InChI=1S/C18H27ClN2O3S/c1-4-15-9-7-8-12-21(15)18(22)14-10-11-16(19)17(13-14)25(23,24)20(5-2)6-3/h10-11,13,15H,4-9,12H2,1-3H3. The third-order valence-corrected chi connectivity index (χ3v) is 7.39. The first-order valence-corrected chi connectivity index (χ1v) is 10.8. The van der Waals surface area contributed by atoms with E-state index in [1.54, 1.807) is 19.9 Å². The maximum Gasteiger partial charge on any atom is 0.254 e. The van der Waals surface area contributed by atoms with Crippen LogP contribution in [0.1, 0.15) is 56.8 Å². The van der Waals surface area contributed by atoms with Crippen molar-refractivity contribution in [1.82, 2.24) is 9.21 Å². The molecule has 25 heavy (non-hydrogen) atoms. The lowest BCUT2D eigenvalue weighted by atomic mass is 9.99. The van der Waals surface area contributed by atoms with Crippen molar-refractivity contribution in [2.24, 2.45) is 0 Å². The third-order valence-electron chi connectivity index (χ3n) is 4.86. The van der Waals surface area contributed by atoms with Crippen LogP contribution in [0, 0.1) is 0 Å². The zero-order valence-corrected chi connectivity index (χ0v) is 16.7. The number of halogens is 1. The van der Waals surface area contributed by atoms with E-state index in [0.717, 1.165) is 32.2 Å². The lowest BCUT2D eigenvalue weighted by Gasteiger charge is -2.35. The van der Waals surface area contributed by atoms with Crippen LogP contribution in [0.2, 0.25) is 5.02 Å². The number of nitrogens with zero attached hydrogens (tertiary/aromatic N) is 2. The van der Waals surface area contributed by atoms with E-state index in [2.05, 4.69) is 6.92 Å². The molecule has 1 saturated heterocycles. The molecule has 1 aliphatic rings. The molecule has 1 aromatic rings. The van der Waals surface area contributed by atoms with Gasteiger partial charge >= 0.3 is 0 Å². The molecule has 2 rings (SSSR count). The van der Waals surface area contributed by atoms with Crippen LogP contribution in [0.15, 0.2) is 23.1 Å². The van der Waals surface area contributed by atoms with Gasteiger partial charge in [-0.15, -0.1) is 0 Å². The molecule has 1 amide bonds. The number of hydrogen-bond donors (Lipinski definition) is 0. The van der Waals surface area contributed by atoms with Gasteiger partial charge in [-0.3, -0.25) is 4.79 Å². The van der Waals surface area contributed by atoms with Gasteiger partial charge < -0.3 is 4.90 Å². The Morgan fingerprint density at radius 1 is 1.24 bits per heavy atom. The minimum Gasteiger partial charge on any atom is -0.336 e. The molecule has 5 nitrogen and oxygen atoms in total. The number of likely N-dealkylation sites (tertiary alicyclic amines) is 1. The Hall–Kier alpha value is -1.11. The smallest absolute Gasteiger partial charge is 0.254 e. The highest BCUT2D eigenvalue weighted by Crippen LogP contribution is 2.28. The molecule has 0 radical (unpaired) electrons. The van der Waals surface area contributed by atoms with Gasteiger partial charge in [0.25, 0.3) is 5.91 Å². The van der Waals surface area contributed by atoms with Crippen molar-refractivity contribution in [3.05, 3.63) is 28.8 Å². The fourth-order valence-corrected chi connectivity index (χ4v) is 5.35. The summed E-state index contributed by atoms with van der Waals surface area (Å²) in [5, 5.41) is 0.147. The van der Waals surface area contributed by atoms with Crippen LogP contribution in [0.3, 0.4) is 0 Å². The molecular formula is C18H27ClN2O3S. The maximum atomic E-state index is 12.9. The van der Waals surface area contributed by atoms with E-state index < -0.39 is 10.0 Å². The van der Waals surface area contributed by atoms with Crippen molar-refractivity contribution in [1.29, 1.82) is 0 Å². The molecule has 140 valence electrons. The van der Waals surface area contributed by atoms with Gasteiger partial charge in [0.1, 0.15) is 4.90 Å². The summed E-state index contributed by atoms with van der Waals surface area (Å²) in [4.78, 5) is 14.8. The Morgan fingerprint density at radius 3 is 2.52 bits per heavy atom. The Morgan fingerprint density at radius 2 is 1.92 bits per heavy atom. The fraction of sp³-hybridized carbons (Fsp3) is 0.611. The second kappa shape index (κ2) is 8.52. The lowest BCUT2D eigenvalue weighted by Crippen LogP contribution is -2.43. The predicted molar refractivity (Wildman–Crippen MR) is 101 cm³/mol. The second-order valence-electron chi connectivity index (χ2n) is 6.29. The Bertz CT molecular complexity index is 717. The van der Waals surface area contributed by atoms with E-state index in [4.69, 9.17) is 11.6 Å². The molecule has 7 heteroatoms. The number of amides is 1. The molecule has 1 heterocycles. The highest BCUT2D eigenvalue weighted by molar-refractivity contribution is 7.89. The first-order chi connectivity index (χ1) is 11.9. The summed E-state index contributed by atoms with van der Waals surface area (Å²) < 4.78 is 27.0. The van der Waals surface area contributed by atoms with Crippen LogP contribution in [0.4, 0.5) is 0 Å². The van der Waals surface area contributed by atoms with Crippen LogP contribution < -0.4 is 0 Å². The van der Waals surface area contributed by atoms with E-state index in [1.165, 1.54) is 16.4 Å². The van der Waals surface area contributed by atoms with Crippen molar-refractivity contribution in [2.75, 3.05) is 19.6 Å². The van der Waals surface area contributed by atoms with Gasteiger partial charge in [0.15, 0.2) is 0 Å². The van der Waals surface area contributed by atoms with E-state index >= 15 is 0 Å². The molecule has 0 bridgehead atoms. The van der Waals surface area contributed by atoms with Crippen LogP contribution in [0.25, 0.3) is 0 Å². The quantitative estimate of drug-likeness (QED) is 0.747. The van der Waals surface area contributed by atoms with Gasteiger partial charge in [0, 0.05) is 31.2 Å². The molecular weight excluding hydrogens is 360 g/mol. The van der Waals surface area contributed by atoms with Gasteiger partial charge in [-0.25, -0.2) is 8.42 Å². The van der Waals surface area contributed by atoms with Crippen LogP contribution in [-0.2, 0) is 10.0 Å². The highest BCUT2D eigenvalue weighted by atomic mass is 35.5. The monoisotopic (exact) mass is 386 g/mol. The maximum absolute atomic E-state index is 12.9. The normalized spacial score (nSPS) is 18.6. The summed E-state index contributed by atoms with van der Waals surface area (Å²) in [5.74, 6) is -0.112. The topological polar surface area (TPSA) is 57.7 Å². The third kappa shape index (κ3) is 4.18. The van der Waals surface area contributed by atoms with Gasteiger partial charge in [0.05, 0.1) is 5.02 Å². The lowest BCUT2D eigenvalue weighted by molar-refractivity contribution is 0.0608. The van der Waals surface area contributed by atoms with E-state index in [-0.39, 0.29) is 21.9 Å². The van der Waals surface area contributed by atoms with Gasteiger partial charge in [-0.2, -0.15) is 4.31 Å². The number of carbonyl (C=O) groups excluding carboxylic acids is 1. The summed E-state index contributed by atoms with van der Waals surface area (Å²) in [6.07, 6.45) is 4.02. The zero-order valence-electron chi connectivity index (χ0n) is 15.2. The van der Waals surface area contributed by atoms with Gasteiger partial charge in [0.2, 0.25) is 10.0 Å². The van der Waals surface area contributed by atoms with Crippen molar-refractivity contribution in [2.45, 2.75) is 57.4 Å². The molecule has 1 fully saturated rings. The Labute approximate surface area is 156 Å². The minimum atomic E-state index is -3.71. The Kier molecular flexibility index (Phi) is 6.88. The van der Waals surface area contributed by atoms with E-state index in [1.807, 2.05) is 4.90 Å². The molecule has 0 spiro atoms. The SMILES string of the molecule is CCC1CCCCN1C(=O)c1ccc(Cl)c(S(=O)(=O)N(CC)CC)c1. The van der Waals surface area contributed by atoms with E-state index in [9.17, 15) is 13.2 Å². The summed E-state index contributed by atoms with van der Waals surface area (Å²) >= 11 is 6.15. The van der Waals surface area contributed by atoms with Crippen LogP contribution in [0.5, 0.6) is 0 Å². The first kappa shape index (κ1) is 20.2. The average Bonchev–Trinajstić information content (AvgIpc) is 2.62. The molecule has 0 N–H and O–H groups in total. The van der Waals surface area contributed by atoms with E-state index in [0.29, 0.717) is 18.7 Å². The van der Waals surface area contributed by atoms with Crippen molar-refractivity contribution < 1.29 is 13.2 Å². The van der Waals surface area contributed by atoms with Crippen LogP contribution >= 0.6 is 11.6 Å². The summed E-state index contributed by atoms with van der Waals surface area (Å²) in [6, 6.07) is 4.78. The van der Waals surface area contributed by atoms with Crippen LogP contribution in [-0.4, -0.2) is 49.2 Å². The molecule has 1 aliphatic heterocycles. The highest BCUT2D eigenvalue weighted by Gasteiger charge is 2.29. The molecule has 0 aliphatic carbocycles. The van der Waals surface area contributed by atoms with Crippen molar-refractivity contribution >= 4 is 27.5 Å². The molecule has 1 atom stereocenters.